The zero-order valence-corrected chi connectivity index (χ0v) is 25.2. The van der Waals surface area contributed by atoms with Gasteiger partial charge in [-0.05, 0) is 68.4 Å². The maximum Gasteiger partial charge on any atom is 0.299 e. The van der Waals surface area contributed by atoms with E-state index in [2.05, 4.69) is 42.5 Å². The number of nitrogens with zero attached hydrogens (tertiary/aromatic N) is 3. The number of aromatic nitrogens is 3. The van der Waals surface area contributed by atoms with Crippen molar-refractivity contribution >= 4 is 21.5 Å². The van der Waals surface area contributed by atoms with Crippen LogP contribution in [0.25, 0.3) is 66.6 Å². The van der Waals surface area contributed by atoms with Crippen molar-refractivity contribution in [2.45, 2.75) is 18.3 Å². The van der Waals surface area contributed by atoms with Gasteiger partial charge in [-0.3, -0.25) is 0 Å². The predicted octanol–water partition coefficient (Wildman–Crippen LogP) is 10.9. The average Bonchev–Trinajstić information content (AvgIpc) is 3.36. The van der Waals surface area contributed by atoms with Gasteiger partial charge in [-0.2, -0.15) is 8.78 Å². The Bertz CT molecular complexity index is 2370. The minimum Gasteiger partial charge on any atom is -0.212 e. The highest BCUT2D eigenvalue weighted by molar-refractivity contribution is 6.12. The van der Waals surface area contributed by atoms with Crippen LogP contribution in [0.15, 0.2) is 146 Å². The minimum absolute atomic E-state index is 0.0135. The van der Waals surface area contributed by atoms with E-state index in [0.29, 0.717) is 34.2 Å². The molecule has 9 rings (SSSR count). The van der Waals surface area contributed by atoms with Gasteiger partial charge in [0.05, 0.1) is 0 Å². The second-order valence-electron chi connectivity index (χ2n) is 12.2. The fourth-order valence-corrected chi connectivity index (χ4v) is 7.02. The van der Waals surface area contributed by atoms with Crippen molar-refractivity contribution in [1.29, 1.82) is 0 Å². The van der Waals surface area contributed by atoms with E-state index in [1.807, 2.05) is 84.9 Å². The molecular weight excluding hydrogens is 584 g/mol. The molecule has 0 saturated heterocycles. The Morgan fingerprint density at radius 1 is 0.553 bits per heavy atom. The summed E-state index contributed by atoms with van der Waals surface area (Å²) in [4.78, 5) is 14.4. The number of rotatable bonds is 4. The summed E-state index contributed by atoms with van der Waals surface area (Å²) in [5, 5.41) is 4.23. The molecule has 3 nitrogen and oxygen atoms in total. The quantitative estimate of drug-likeness (QED) is 0.186. The van der Waals surface area contributed by atoms with Gasteiger partial charge in [-0.15, -0.1) is 0 Å². The van der Waals surface area contributed by atoms with Crippen molar-refractivity contribution in [3.8, 4) is 45.0 Å². The van der Waals surface area contributed by atoms with Crippen molar-refractivity contribution in [2.24, 2.45) is 0 Å². The fourth-order valence-electron chi connectivity index (χ4n) is 7.02. The third-order valence-electron chi connectivity index (χ3n) is 9.32. The van der Waals surface area contributed by atoms with Gasteiger partial charge in [0.2, 0.25) is 0 Å². The van der Waals surface area contributed by atoms with Crippen molar-refractivity contribution in [1.82, 2.24) is 15.0 Å². The van der Waals surface area contributed by atoms with E-state index in [-0.39, 0.29) is 17.0 Å². The zero-order valence-electron chi connectivity index (χ0n) is 25.2. The molecule has 2 aliphatic rings. The lowest BCUT2D eigenvalue weighted by atomic mass is 9.90. The lowest BCUT2D eigenvalue weighted by molar-refractivity contribution is 0.0481. The molecule has 0 fully saturated rings. The molecule has 1 unspecified atom stereocenters. The van der Waals surface area contributed by atoms with Gasteiger partial charge < -0.3 is 0 Å². The molecule has 0 spiro atoms. The highest BCUT2D eigenvalue weighted by Gasteiger charge is 2.45. The Labute approximate surface area is 270 Å². The Kier molecular flexibility index (Phi) is 6.22. The zero-order chi connectivity index (χ0) is 31.5. The highest BCUT2D eigenvalue weighted by atomic mass is 19.3. The van der Waals surface area contributed by atoms with E-state index in [4.69, 9.17) is 15.0 Å². The van der Waals surface area contributed by atoms with Crippen molar-refractivity contribution < 1.29 is 8.78 Å². The van der Waals surface area contributed by atoms with Crippen LogP contribution in [-0.2, 0) is 5.92 Å². The molecule has 6 aromatic carbocycles. The molecule has 0 saturated carbocycles. The smallest absolute Gasteiger partial charge is 0.212 e. The van der Waals surface area contributed by atoms with Crippen LogP contribution < -0.4 is 0 Å². The molecule has 0 bridgehead atoms. The van der Waals surface area contributed by atoms with Crippen LogP contribution in [0.5, 0.6) is 0 Å². The van der Waals surface area contributed by atoms with Crippen LogP contribution >= 0.6 is 0 Å². The maximum atomic E-state index is 16.6. The summed E-state index contributed by atoms with van der Waals surface area (Å²) >= 11 is 0. The van der Waals surface area contributed by atoms with Crippen LogP contribution in [0.3, 0.4) is 0 Å². The Hall–Kier alpha value is -5.81. The molecule has 1 aromatic heterocycles. The maximum absolute atomic E-state index is 16.6. The summed E-state index contributed by atoms with van der Waals surface area (Å²) in [6, 6.07) is 38.8. The van der Waals surface area contributed by atoms with Crippen molar-refractivity contribution in [3.05, 3.63) is 163 Å². The van der Waals surface area contributed by atoms with E-state index in [0.717, 1.165) is 44.7 Å². The molecule has 5 heteroatoms. The Morgan fingerprint density at radius 2 is 1.15 bits per heavy atom. The van der Waals surface area contributed by atoms with E-state index < -0.39 is 5.92 Å². The molecule has 0 aliphatic heterocycles. The van der Waals surface area contributed by atoms with Crippen LogP contribution in [0.2, 0.25) is 0 Å². The third kappa shape index (κ3) is 4.50. The normalized spacial score (nSPS) is 16.0. The first-order valence-corrected chi connectivity index (χ1v) is 15.8. The van der Waals surface area contributed by atoms with E-state index >= 15 is 8.78 Å². The molecule has 1 atom stereocenters. The summed E-state index contributed by atoms with van der Waals surface area (Å²) in [5.41, 5.74) is 4.17. The van der Waals surface area contributed by atoms with Gasteiger partial charge in [-0.25, -0.2) is 15.0 Å². The lowest BCUT2D eigenvalue weighted by Gasteiger charge is -2.16. The van der Waals surface area contributed by atoms with Gasteiger partial charge >= 0.3 is 0 Å². The molecule has 0 amide bonds. The molecular formula is C42H27F2N3. The first-order chi connectivity index (χ1) is 23.0. The van der Waals surface area contributed by atoms with Crippen molar-refractivity contribution in [3.63, 3.8) is 0 Å². The van der Waals surface area contributed by atoms with Crippen LogP contribution in [0, 0.1) is 0 Å². The monoisotopic (exact) mass is 611 g/mol. The van der Waals surface area contributed by atoms with Gasteiger partial charge in [0.15, 0.2) is 11.6 Å². The Balaban J connectivity index is 1.17. The fraction of sp³-hybridized carbons (Fsp3) is 0.0714. The van der Waals surface area contributed by atoms with Gasteiger partial charge in [0.1, 0.15) is 5.82 Å². The standard InChI is InChI=1S/C42H27F2N3/c43-42(44)36-24-30(38-32-17-9-7-15-28(32)23-29-16-8-10-18-33(29)38)19-21-34(36)35-22-20-31(25-37(35)42)41-46-39(26-11-3-1-4-12-26)45-40(47-41)27-13-5-2-6-14-27/h1-13,15-25,27H,14H2. The summed E-state index contributed by atoms with van der Waals surface area (Å²) in [6.45, 7) is 0. The largest absolute Gasteiger partial charge is 0.299 e. The predicted molar refractivity (Wildman–Crippen MR) is 185 cm³/mol. The highest BCUT2D eigenvalue weighted by Crippen LogP contribution is 2.53. The van der Waals surface area contributed by atoms with Crippen LogP contribution in [-0.4, -0.2) is 15.0 Å². The molecule has 47 heavy (non-hydrogen) atoms. The lowest BCUT2D eigenvalue weighted by Crippen LogP contribution is -2.12. The first kappa shape index (κ1) is 27.5. The number of benzene rings is 6. The van der Waals surface area contributed by atoms with Crippen LogP contribution in [0.4, 0.5) is 8.78 Å². The summed E-state index contributed by atoms with van der Waals surface area (Å²) in [7, 11) is 0. The summed E-state index contributed by atoms with van der Waals surface area (Å²) < 4.78 is 33.2. The first-order valence-electron chi connectivity index (χ1n) is 15.8. The van der Waals surface area contributed by atoms with Gasteiger partial charge in [0.25, 0.3) is 5.92 Å². The number of halogens is 2. The molecule has 1 heterocycles. The Morgan fingerprint density at radius 3 is 1.81 bits per heavy atom. The number of allylic oxidation sites excluding steroid dienone is 4. The topological polar surface area (TPSA) is 38.7 Å². The number of hydrogen-bond donors (Lipinski definition) is 0. The molecule has 0 N–H and O–H groups in total. The average molecular weight is 612 g/mol. The SMILES string of the molecule is FC1(F)c2cc(-c3nc(-c4ccccc4)nc(C4C=CC=CC4)n3)ccc2-c2ccc(-c3c4ccccc4cc4ccccc34)cc21. The number of hydrogen-bond acceptors (Lipinski definition) is 3. The minimum atomic E-state index is -3.20. The van der Waals surface area contributed by atoms with E-state index in [9.17, 15) is 0 Å². The third-order valence-corrected chi connectivity index (χ3v) is 9.32. The second-order valence-corrected chi connectivity index (χ2v) is 12.2. The number of fused-ring (bicyclic) bond motifs is 5. The summed E-state index contributed by atoms with van der Waals surface area (Å²) in [5.74, 6) is -1.69. The second kappa shape index (κ2) is 10.6. The molecule has 7 aromatic rings. The van der Waals surface area contributed by atoms with E-state index in [1.54, 1.807) is 18.2 Å². The summed E-state index contributed by atoms with van der Waals surface area (Å²) in [6.07, 6.45) is 8.91. The van der Waals surface area contributed by atoms with Crippen molar-refractivity contribution in [2.75, 3.05) is 0 Å². The van der Waals surface area contributed by atoms with Gasteiger partial charge in [-0.1, -0.05) is 127 Å². The molecule has 2 aliphatic carbocycles. The van der Waals surface area contributed by atoms with E-state index in [1.165, 1.54) is 0 Å². The van der Waals surface area contributed by atoms with Gasteiger partial charge in [0, 0.05) is 28.2 Å². The van der Waals surface area contributed by atoms with Crippen LogP contribution in [0.1, 0.15) is 29.3 Å². The molecule has 224 valence electrons. The number of alkyl halides is 2. The molecule has 0 radical (unpaired) electrons.